The van der Waals surface area contributed by atoms with E-state index in [0.717, 1.165) is 29.3 Å². The van der Waals surface area contributed by atoms with E-state index < -0.39 is 29.3 Å². The summed E-state index contributed by atoms with van der Waals surface area (Å²) in [7, 11) is 0. The van der Waals surface area contributed by atoms with Gasteiger partial charge in [-0.15, -0.1) is 0 Å². The molecule has 0 heterocycles. The number of rotatable bonds is 6. The molecule has 0 bridgehead atoms. The number of nitrogens with zero attached hydrogens (tertiary/aromatic N) is 2. The molecule has 0 aliphatic rings. The number of hydrogen-bond acceptors (Lipinski definition) is 5. The van der Waals surface area contributed by atoms with Crippen LogP contribution >= 0.6 is 0 Å². The van der Waals surface area contributed by atoms with Crippen LogP contribution in [0, 0.1) is 11.3 Å². The average Bonchev–Trinajstić information content (AvgIpc) is 2.58. The molecule has 3 N–H and O–H groups in total. The van der Waals surface area contributed by atoms with Crippen molar-refractivity contribution < 1.29 is 27.5 Å². The second kappa shape index (κ2) is 9.43. The number of carbonyl (C=O) groups excluding carboxylic acids is 2. The van der Waals surface area contributed by atoms with Crippen LogP contribution in [0.2, 0.25) is 0 Å². The van der Waals surface area contributed by atoms with Crippen LogP contribution in [0.5, 0.6) is 0 Å². The van der Waals surface area contributed by atoms with Crippen molar-refractivity contribution in [3.63, 3.8) is 0 Å². The molecule has 0 aliphatic carbocycles. The lowest BCUT2D eigenvalue weighted by molar-refractivity contribution is -0.137. The lowest BCUT2D eigenvalue weighted by Crippen LogP contribution is -2.32. The number of nitrogens with one attached hydrogen (secondary N) is 1. The largest absolute Gasteiger partial charge is 0.449 e. The van der Waals surface area contributed by atoms with Gasteiger partial charge in [-0.3, -0.25) is 9.69 Å². The summed E-state index contributed by atoms with van der Waals surface area (Å²) in [5.74, 6) is -0.974. The minimum atomic E-state index is -4.57. The first-order chi connectivity index (χ1) is 12.2. The highest BCUT2D eigenvalue weighted by molar-refractivity contribution is 6.06. The molecule has 7 nitrogen and oxygen atoms in total. The molecule has 0 fully saturated rings. The Balaban J connectivity index is 3.01. The summed E-state index contributed by atoms with van der Waals surface area (Å²) < 4.78 is 42.9. The van der Waals surface area contributed by atoms with Crippen LogP contribution in [-0.4, -0.2) is 36.6 Å². The maximum absolute atomic E-state index is 12.7. The lowest BCUT2D eigenvalue weighted by atomic mass is 10.2. The maximum Gasteiger partial charge on any atom is 0.416 e. The van der Waals surface area contributed by atoms with E-state index in [1.54, 1.807) is 13.0 Å². The van der Waals surface area contributed by atoms with E-state index in [4.69, 9.17) is 15.7 Å². The van der Waals surface area contributed by atoms with E-state index in [-0.39, 0.29) is 25.4 Å². The van der Waals surface area contributed by atoms with Gasteiger partial charge in [0.15, 0.2) is 0 Å². The first-order valence-electron chi connectivity index (χ1n) is 7.47. The number of carbonyl (C=O) groups is 2. The van der Waals surface area contributed by atoms with Crippen molar-refractivity contribution in [2.75, 3.05) is 25.0 Å². The van der Waals surface area contributed by atoms with Crippen LogP contribution in [0.25, 0.3) is 0 Å². The minimum Gasteiger partial charge on any atom is -0.449 e. The van der Waals surface area contributed by atoms with Crippen molar-refractivity contribution in [2.45, 2.75) is 13.1 Å². The summed E-state index contributed by atoms with van der Waals surface area (Å²) in [4.78, 5) is 24.8. The Morgan fingerprint density at radius 2 is 2.12 bits per heavy atom. The van der Waals surface area contributed by atoms with Crippen molar-refractivity contribution in [1.29, 1.82) is 5.26 Å². The average molecular weight is 370 g/mol. The Morgan fingerprint density at radius 3 is 2.65 bits per heavy atom. The topological polar surface area (TPSA) is 108 Å². The van der Waals surface area contributed by atoms with Gasteiger partial charge in [-0.2, -0.15) is 18.4 Å². The van der Waals surface area contributed by atoms with Crippen LogP contribution in [-0.2, 0) is 15.7 Å². The number of nitrogens with two attached hydrogens (primary N) is 1. The van der Waals surface area contributed by atoms with Crippen LogP contribution in [0.4, 0.5) is 23.7 Å². The van der Waals surface area contributed by atoms with Gasteiger partial charge in [0.25, 0.3) is 5.91 Å². The number of benzene rings is 1. The maximum atomic E-state index is 12.7. The highest BCUT2D eigenvalue weighted by atomic mass is 19.4. The van der Waals surface area contributed by atoms with Crippen LogP contribution < -0.4 is 11.1 Å². The van der Waals surface area contributed by atoms with Gasteiger partial charge in [-0.1, -0.05) is 6.07 Å². The van der Waals surface area contributed by atoms with Gasteiger partial charge in [0.1, 0.15) is 11.6 Å². The number of ether oxygens (including phenoxy) is 1. The van der Waals surface area contributed by atoms with Gasteiger partial charge < -0.3 is 15.8 Å². The quantitative estimate of drug-likeness (QED) is 0.591. The number of nitriles is 1. The zero-order valence-corrected chi connectivity index (χ0v) is 13.8. The van der Waals surface area contributed by atoms with Crippen molar-refractivity contribution in [2.24, 2.45) is 5.73 Å². The molecule has 1 aromatic carbocycles. The standard InChI is InChI=1S/C16H17F3N4O3/c1-2-26-15(25)23(7-6-20)10-11(9-21)14(24)22-13-5-3-4-12(8-13)16(17,18)19/h3-5,8,10H,2,6-7,20H2,1H3,(H,22,24)/b11-10-. The molecule has 0 aromatic heterocycles. The number of amides is 2. The van der Waals surface area contributed by atoms with Gasteiger partial charge in [0.05, 0.1) is 12.2 Å². The van der Waals surface area contributed by atoms with Gasteiger partial charge in [0, 0.05) is 25.0 Å². The molecule has 0 atom stereocenters. The Hall–Kier alpha value is -3.06. The first-order valence-corrected chi connectivity index (χ1v) is 7.47. The summed E-state index contributed by atoms with van der Waals surface area (Å²) >= 11 is 0. The molecular weight excluding hydrogens is 353 g/mol. The van der Waals surface area contributed by atoms with Gasteiger partial charge in [0.2, 0.25) is 0 Å². The SMILES string of the molecule is CCOC(=O)N(/C=C(/C#N)C(=O)Nc1cccc(C(F)(F)F)c1)CCN. The molecule has 0 saturated carbocycles. The fourth-order valence-corrected chi connectivity index (χ4v) is 1.82. The molecule has 0 radical (unpaired) electrons. The summed E-state index contributed by atoms with van der Waals surface area (Å²) in [6.45, 7) is 1.68. The predicted octanol–water partition coefficient (Wildman–Crippen LogP) is 2.47. The summed E-state index contributed by atoms with van der Waals surface area (Å²) in [6, 6.07) is 5.53. The van der Waals surface area contributed by atoms with Crippen molar-refractivity contribution in [3.8, 4) is 6.07 Å². The molecule has 140 valence electrons. The molecule has 0 saturated heterocycles. The van der Waals surface area contributed by atoms with E-state index in [1.807, 2.05) is 0 Å². The van der Waals surface area contributed by atoms with Crippen LogP contribution in [0.1, 0.15) is 12.5 Å². The van der Waals surface area contributed by atoms with E-state index in [0.29, 0.717) is 0 Å². The lowest BCUT2D eigenvalue weighted by Gasteiger charge is -2.17. The predicted molar refractivity (Wildman–Crippen MR) is 86.6 cm³/mol. The number of halogens is 3. The minimum absolute atomic E-state index is 0.0130. The molecule has 2 amide bonds. The highest BCUT2D eigenvalue weighted by Crippen LogP contribution is 2.30. The Bertz CT molecular complexity index is 726. The van der Waals surface area contributed by atoms with Crippen LogP contribution in [0.3, 0.4) is 0 Å². The van der Waals surface area contributed by atoms with Crippen molar-refractivity contribution in [1.82, 2.24) is 4.90 Å². The third kappa shape index (κ3) is 6.10. The van der Waals surface area contributed by atoms with E-state index >= 15 is 0 Å². The Morgan fingerprint density at radius 1 is 1.42 bits per heavy atom. The normalized spacial score (nSPS) is 11.5. The van der Waals surface area contributed by atoms with E-state index in [1.165, 1.54) is 6.07 Å². The van der Waals surface area contributed by atoms with Crippen molar-refractivity contribution in [3.05, 3.63) is 41.6 Å². The number of anilines is 1. The van der Waals surface area contributed by atoms with Gasteiger partial charge >= 0.3 is 12.3 Å². The zero-order chi connectivity index (χ0) is 19.7. The van der Waals surface area contributed by atoms with E-state index in [9.17, 15) is 22.8 Å². The van der Waals surface area contributed by atoms with Crippen LogP contribution in [0.15, 0.2) is 36.0 Å². The van der Waals surface area contributed by atoms with Gasteiger partial charge in [-0.25, -0.2) is 4.79 Å². The van der Waals surface area contributed by atoms with Crippen molar-refractivity contribution >= 4 is 17.7 Å². The van der Waals surface area contributed by atoms with E-state index in [2.05, 4.69) is 5.32 Å². The molecule has 1 aromatic rings. The fourth-order valence-electron chi connectivity index (χ4n) is 1.82. The summed E-state index contributed by atoms with van der Waals surface area (Å²) in [6.07, 6.45) is -4.44. The third-order valence-electron chi connectivity index (χ3n) is 2.97. The molecule has 0 spiro atoms. The Kier molecular flexibility index (Phi) is 7.61. The molecule has 10 heteroatoms. The monoisotopic (exact) mass is 370 g/mol. The smallest absolute Gasteiger partial charge is 0.416 e. The number of alkyl halides is 3. The molecule has 1 rings (SSSR count). The third-order valence-corrected chi connectivity index (χ3v) is 2.97. The fraction of sp³-hybridized carbons (Fsp3) is 0.312. The molecular formula is C16H17F3N4O3. The second-order valence-corrected chi connectivity index (χ2v) is 4.87. The first kappa shape index (κ1) is 21.0. The summed E-state index contributed by atoms with van der Waals surface area (Å²) in [5.41, 5.74) is 3.78. The Labute approximate surface area is 147 Å². The number of hydrogen-bond donors (Lipinski definition) is 2. The molecule has 26 heavy (non-hydrogen) atoms. The van der Waals surface area contributed by atoms with Gasteiger partial charge in [-0.05, 0) is 25.1 Å². The zero-order valence-electron chi connectivity index (χ0n) is 13.8. The second-order valence-electron chi connectivity index (χ2n) is 4.87. The molecule has 0 aliphatic heterocycles. The summed E-state index contributed by atoms with van der Waals surface area (Å²) in [5, 5.41) is 11.3. The highest BCUT2D eigenvalue weighted by Gasteiger charge is 2.30. The molecule has 0 unspecified atom stereocenters.